The van der Waals surface area contributed by atoms with E-state index in [1.807, 2.05) is 0 Å². The number of hydrogen-bond donors (Lipinski definition) is 1. The molecule has 0 bridgehead atoms. The lowest BCUT2D eigenvalue weighted by Gasteiger charge is -2.02. The van der Waals surface area contributed by atoms with Crippen molar-refractivity contribution < 1.29 is 33.1 Å². The van der Waals surface area contributed by atoms with Gasteiger partial charge in [-0.3, -0.25) is 0 Å². The lowest BCUT2D eigenvalue weighted by atomic mass is 10.4. The smallest absolute Gasteiger partial charge is 0.375 e. The van der Waals surface area contributed by atoms with Gasteiger partial charge in [-0.15, -0.1) is 0 Å². The van der Waals surface area contributed by atoms with Crippen LogP contribution in [0.15, 0.2) is 50.8 Å². The standard InChI is InChI=1S/C11H7NO7/c13-10(18-7-3-1-5-16-7)9(12-15)11(14)19-8-4-2-6-17-8/h1-6,15H. The maximum absolute atomic E-state index is 11.5. The number of rotatable bonds is 4. The van der Waals surface area contributed by atoms with Crippen molar-refractivity contribution in [3.8, 4) is 11.9 Å². The summed E-state index contributed by atoms with van der Waals surface area (Å²) < 4.78 is 18.7. The molecule has 0 aromatic carbocycles. The van der Waals surface area contributed by atoms with Gasteiger partial charge in [0.15, 0.2) is 0 Å². The minimum Gasteiger partial charge on any atom is -0.434 e. The van der Waals surface area contributed by atoms with Crippen LogP contribution < -0.4 is 9.47 Å². The third-order valence-electron chi connectivity index (χ3n) is 1.86. The Labute approximate surface area is 105 Å². The van der Waals surface area contributed by atoms with Crippen LogP contribution in [0.2, 0.25) is 0 Å². The van der Waals surface area contributed by atoms with Crippen LogP contribution in [0.4, 0.5) is 0 Å². The molecule has 0 radical (unpaired) electrons. The summed E-state index contributed by atoms with van der Waals surface area (Å²) in [5.74, 6) is -2.77. The molecule has 0 unspecified atom stereocenters. The number of carbonyl (C=O) groups excluding carboxylic acids is 2. The zero-order chi connectivity index (χ0) is 13.7. The van der Waals surface area contributed by atoms with Crippen molar-refractivity contribution in [2.24, 2.45) is 5.16 Å². The van der Waals surface area contributed by atoms with Gasteiger partial charge in [-0.2, -0.15) is 0 Å². The Balaban J connectivity index is 2.03. The molecule has 2 heterocycles. The number of ether oxygens (including phenoxy) is 2. The van der Waals surface area contributed by atoms with E-state index in [0.29, 0.717) is 0 Å². The number of nitrogens with zero attached hydrogens (tertiary/aromatic N) is 1. The van der Waals surface area contributed by atoms with E-state index in [1.54, 1.807) is 0 Å². The van der Waals surface area contributed by atoms with Gasteiger partial charge in [-0.1, -0.05) is 5.16 Å². The van der Waals surface area contributed by atoms with Gasteiger partial charge >= 0.3 is 11.9 Å². The molecule has 8 nitrogen and oxygen atoms in total. The average Bonchev–Trinajstić information content (AvgIpc) is 3.03. The molecule has 0 saturated carbocycles. The summed E-state index contributed by atoms with van der Waals surface area (Å²) in [7, 11) is 0. The van der Waals surface area contributed by atoms with Crippen molar-refractivity contribution in [2.75, 3.05) is 0 Å². The van der Waals surface area contributed by atoms with Gasteiger partial charge < -0.3 is 23.5 Å². The Morgan fingerprint density at radius 2 is 1.47 bits per heavy atom. The number of furan rings is 2. The summed E-state index contributed by atoms with van der Waals surface area (Å²) >= 11 is 0. The summed E-state index contributed by atoms with van der Waals surface area (Å²) in [6.45, 7) is 0. The van der Waals surface area contributed by atoms with Crippen LogP contribution in [0, 0.1) is 0 Å². The number of esters is 2. The van der Waals surface area contributed by atoms with Gasteiger partial charge in [0.1, 0.15) is 0 Å². The first-order chi connectivity index (χ1) is 9.20. The first-order valence-corrected chi connectivity index (χ1v) is 4.94. The predicted octanol–water partition coefficient (Wildman–Crippen LogP) is 1.21. The minimum absolute atomic E-state index is 0.156. The van der Waals surface area contributed by atoms with Gasteiger partial charge in [0.2, 0.25) is 0 Å². The summed E-state index contributed by atoms with van der Waals surface area (Å²) in [5.41, 5.74) is -0.951. The van der Waals surface area contributed by atoms with Crippen molar-refractivity contribution in [1.29, 1.82) is 0 Å². The Morgan fingerprint density at radius 1 is 1.00 bits per heavy atom. The summed E-state index contributed by atoms with van der Waals surface area (Å²) in [6.07, 6.45) is 2.53. The molecule has 2 rings (SSSR count). The molecule has 0 fully saturated rings. The lowest BCUT2D eigenvalue weighted by Crippen LogP contribution is -2.31. The number of oxime groups is 1. The zero-order valence-electron chi connectivity index (χ0n) is 9.31. The fraction of sp³-hybridized carbons (Fsp3) is 0. The van der Waals surface area contributed by atoms with E-state index in [2.05, 4.69) is 14.6 Å². The quantitative estimate of drug-likeness (QED) is 0.290. The molecule has 19 heavy (non-hydrogen) atoms. The molecule has 0 aliphatic rings. The zero-order valence-corrected chi connectivity index (χ0v) is 9.31. The summed E-state index contributed by atoms with van der Waals surface area (Å²) in [6, 6.07) is 5.62. The van der Waals surface area contributed by atoms with Crippen LogP contribution in [0.3, 0.4) is 0 Å². The topological polar surface area (TPSA) is 111 Å². The van der Waals surface area contributed by atoms with Gasteiger partial charge in [0, 0.05) is 12.1 Å². The van der Waals surface area contributed by atoms with E-state index in [1.165, 1.54) is 36.8 Å². The predicted molar refractivity (Wildman–Crippen MR) is 57.9 cm³/mol. The van der Waals surface area contributed by atoms with Crippen molar-refractivity contribution in [2.45, 2.75) is 0 Å². The highest BCUT2D eigenvalue weighted by atomic mass is 16.6. The van der Waals surface area contributed by atoms with Crippen molar-refractivity contribution in [1.82, 2.24) is 0 Å². The van der Waals surface area contributed by atoms with Crippen LogP contribution >= 0.6 is 0 Å². The van der Waals surface area contributed by atoms with Gasteiger partial charge in [0.25, 0.3) is 17.6 Å². The molecule has 0 amide bonds. The summed E-state index contributed by atoms with van der Waals surface area (Å²) in [5, 5.41) is 11.2. The van der Waals surface area contributed by atoms with Gasteiger partial charge in [-0.05, 0) is 12.1 Å². The fourth-order valence-corrected chi connectivity index (χ4v) is 1.09. The van der Waals surface area contributed by atoms with Gasteiger partial charge in [-0.25, -0.2) is 9.59 Å². The second-order valence-electron chi connectivity index (χ2n) is 3.09. The molecular formula is C11H7NO7. The molecule has 0 atom stereocenters. The minimum atomic E-state index is -1.23. The van der Waals surface area contributed by atoms with Crippen LogP contribution in [0.5, 0.6) is 11.9 Å². The Hall–Kier alpha value is -3.03. The molecule has 1 N–H and O–H groups in total. The first kappa shape index (κ1) is 12.4. The molecule has 8 heteroatoms. The molecule has 0 saturated heterocycles. The highest BCUT2D eigenvalue weighted by Crippen LogP contribution is 2.12. The van der Waals surface area contributed by atoms with Crippen LogP contribution in [-0.4, -0.2) is 22.9 Å². The number of carbonyl (C=O) groups is 2. The van der Waals surface area contributed by atoms with Crippen molar-refractivity contribution in [3.05, 3.63) is 36.8 Å². The Kier molecular flexibility index (Phi) is 3.62. The highest BCUT2D eigenvalue weighted by Gasteiger charge is 2.27. The van der Waals surface area contributed by atoms with Crippen LogP contribution in [0.1, 0.15) is 0 Å². The second kappa shape index (κ2) is 5.54. The monoisotopic (exact) mass is 265 g/mol. The lowest BCUT2D eigenvalue weighted by molar-refractivity contribution is -0.133. The van der Waals surface area contributed by atoms with E-state index >= 15 is 0 Å². The van der Waals surface area contributed by atoms with E-state index in [4.69, 9.17) is 14.0 Å². The maximum atomic E-state index is 11.5. The second-order valence-corrected chi connectivity index (χ2v) is 3.09. The van der Waals surface area contributed by atoms with Crippen LogP contribution in [-0.2, 0) is 9.59 Å². The molecule has 0 aliphatic carbocycles. The Morgan fingerprint density at radius 3 is 1.79 bits per heavy atom. The maximum Gasteiger partial charge on any atom is 0.375 e. The van der Waals surface area contributed by atoms with Gasteiger partial charge in [0.05, 0.1) is 12.5 Å². The number of hydrogen-bond acceptors (Lipinski definition) is 8. The Bertz CT molecular complexity index is 532. The molecule has 2 aromatic heterocycles. The molecule has 0 spiro atoms. The normalized spacial score (nSPS) is 9.68. The van der Waals surface area contributed by atoms with Crippen LogP contribution in [0.25, 0.3) is 0 Å². The van der Waals surface area contributed by atoms with E-state index in [0.717, 1.165) is 0 Å². The largest absolute Gasteiger partial charge is 0.434 e. The third-order valence-corrected chi connectivity index (χ3v) is 1.86. The molecular weight excluding hydrogens is 258 g/mol. The third kappa shape index (κ3) is 3.00. The van der Waals surface area contributed by atoms with E-state index in [-0.39, 0.29) is 11.9 Å². The average molecular weight is 265 g/mol. The molecule has 2 aromatic rings. The SMILES string of the molecule is O=C(Oc1ccco1)C(=NO)C(=O)Oc1ccco1. The van der Waals surface area contributed by atoms with Crippen molar-refractivity contribution in [3.63, 3.8) is 0 Å². The fourth-order valence-electron chi connectivity index (χ4n) is 1.09. The first-order valence-electron chi connectivity index (χ1n) is 4.94. The highest BCUT2D eigenvalue weighted by molar-refractivity contribution is 6.62. The molecule has 0 aliphatic heterocycles. The van der Waals surface area contributed by atoms with Crippen molar-refractivity contribution >= 4 is 17.7 Å². The van der Waals surface area contributed by atoms with E-state index < -0.39 is 17.7 Å². The van der Waals surface area contributed by atoms with E-state index in [9.17, 15) is 9.59 Å². The molecule has 98 valence electrons. The summed E-state index contributed by atoms with van der Waals surface area (Å²) in [4.78, 5) is 23.0.